The van der Waals surface area contributed by atoms with E-state index in [-0.39, 0.29) is 23.0 Å². The van der Waals surface area contributed by atoms with Crippen LogP contribution < -0.4 is 10.5 Å². The first-order chi connectivity index (χ1) is 8.92. The Morgan fingerprint density at radius 3 is 2.68 bits per heavy atom. The summed E-state index contributed by atoms with van der Waals surface area (Å²) in [5.74, 6) is -0.0201. The topological polar surface area (TPSA) is 98.2 Å². The van der Waals surface area contributed by atoms with Crippen LogP contribution >= 0.6 is 11.6 Å². The Hall–Kier alpha value is -1.57. The van der Waals surface area contributed by atoms with Gasteiger partial charge in [0.1, 0.15) is 0 Å². The summed E-state index contributed by atoms with van der Waals surface area (Å²) in [4.78, 5) is -0.139. The Bertz CT molecular complexity index is 677. The molecule has 0 fully saturated rings. The van der Waals surface area contributed by atoms with Crippen molar-refractivity contribution < 1.29 is 12.9 Å². The SMILES string of the molecule is Cc1onc(N)c1S(=O)(=O)NCc1ccccc1Cl. The van der Waals surface area contributed by atoms with Crippen molar-refractivity contribution in [2.75, 3.05) is 5.73 Å². The van der Waals surface area contributed by atoms with Crippen LogP contribution in [0.15, 0.2) is 33.7 Å². The lowest BCUT2D eigenvalue weighted by molar-refractivity contribution is 0.396. The molecular weight excluding hydrogens is 290 g/mol. The molecule has 0 saturated carbocycles. The number of sulfonamides is 1. The van der Waals surface area contributed by atoms with Gasteiger partial charge in [-0.15, -0.1) is 0 Å². The Kier molecular flexibility index (Phi) is 3.79. The van der Waals surface area contributed by atoms with E-state index in [1.54, 1.807) is 24.3 Å². The van der Waals surface area contributed by atoms with Gasteiger partial charge in [0.25, 0.3) is 0 Å². The van der Waals surface area contributed by atoms with Crippen LogP contribution in [0.1, 0.15) is 11.3 Å². The molecule has 0 saturated heterocycles. The summed E-state index contributed by atoms with van der Waals surface area (Å²) < 4.78 is 31.3. The summed E-state index contributed by atoms with van der Waals surface area (Å²) in [5, 5.41) is 3.90. The molecule has 8 heteroatoms. The number of rotatable bonds is 4. The molecule has 0 radical (unpaired) electrons. The maximum absolute atomic E-state index is 12.1. The van der Waals surface area contributed by atoms with Gasteiger partial charge in [0.2, 0.25) is 10.0 Å². The first kappa shape index (κ1) is 13.9. The summed E-state index contributed by atoms with van der Waals surface area (Å²) in [6, 6.07) is 6.95. The zero-order valence-electron chi connectivity index (χ0n) is 10.1. The van der Waals surface area contributed by atoms with E-state index in [4.69, 9.17) is 21.9 Å². The van der Waals surface area contributed by atoms with Crippen LogP contribution in [0.2, 0.25) is 5.02 Å². The molecule has 3 N–H and O–H groups in total. The number of hydrogen-bond acceptors (Lipinski definition) is 5. The molecule has 6 nitrogen and oxygen atoms in total. The smallest absolute Gasteiger partial charge is 0.248 e. The lowest BCUT2D eigenvalue weighted by atomic mass is 10.2. The number of nitrogens with zero attached hydrogens (tertiary/aromatic N) is 1. The van der Waals surface area contributed by atoms with E-state index in [2.05, 4.69) is 9.88 Å². The summed E-state index contributed by atoms with van der Waals surface area (Å²) in [7, 11) is -3.78. The predicted octanol–water partition coefficient (Wildman–Crippen LogP) is 1.70. The third-order valence-corrected chi connectivity index (χ3v) is 4.44. The number of hydrogen-bond donors (Lipinski definition) is 2. The highest BCUT2D eigenvalue weighted by Gasteiger charge is 2.24. The molecular formula is C11H12ClN3O3S. The highest BCUT2D eigenvalue weighted by Crippen LogP contribution is 2.22. The number of anilines is 1. The van der Waals surface area contributed by atoms with Crippen molar-refractivity contribution in [1.29, 1.82) is 0 Å². The minimum Gasteiger partial charge on any atom is -0.380 e. The van der Waals surface area contributed by atoms with E-state index in [9.17, 15) is 8.42 Å². The van der Waals surface area contributed by atoms with Crippen molar-refractivity contribution in [3.63, 3.8) is 0 Å². The van der Waals surface area contributed by atoms with Crippen molar-refractivity contribution in [2.24, 2.45) is 0 Å². The lowest BCUT2D eigenvalue weighted by Gasteiger charge is -2.07. The summed E-state index contributed by atoms with van der Waals surface area (Å²) in [6.45, 7) is 1.54. The van der Waals surface area contributed by atoms with Crippen LogP contribution in [0.25, 0.3) is 0 Å². The normalized spacial score (nSPS) is 11.7. The van der Waals surface area contributed by atoms with E-state index in [0.717, 1.165) is 0 Å². The molecule has 19 heavy (non-hydrogen) atoms. The van der Waals surface area contributed by atoms with E-state index in [1.165, 1.54) is 6.92 Å². The van der Waals surface area contributed by atoms with Crippen LogP contribution in [0.4, 0.5) is 5.82 Å². The highest BCUT2D eigenvalue weighted by molar-refractivity contribution is 7.89. The maximum atomic E-state index is 12.1. The molecule has 0 spiro atoms. The minimum absolute atomic E-state index is 0.0616. The lowest BCUT2D eigenvalue weighted by Crippen LogP contribution is -2.24. The number of nitrogens with two attached hydrogens (primary N) is 1. The van der Waals surface area contributed by atoms with Gasteiger partial charge in [0.15, 0.2) is 16.5 Å². The van der Waals surface area contributed by atoms with Crippen LogP contribution in [0.5, 0.6) is 0 Å². The van der Waals surface area contributed by atoms with Gasteiger partial charge in [0, 0.05) is 11.6 Å². The van der Waals surface area contributed by atoms with E-state index in [1.807, 2.05) is 0 Å². The van der Waals surface area contributed by atoms with Gasteiger partial charge in [-0.3, -0.25) is 0 Å². The summed E-state index contributed by atoms with van der Waals surface area (Å²) in [6.07, 6.45) is 0. The second kappa shape index (κ2) is 5.20. The Morgan fingerprint density at radius 2 is 2.11 bits per heavy atom. The van der Waals surface area contributed by atoms with Crippen LogP contribution in [-0.2, 0) is 16.6 Å². The van der Waals surface area contributed by atoms with E-state index >= 15 is 0 Å². The van der Waals surface area contributed by atoms with Crippen molar-refractivity contribution in [1.82, 2.24) is 9.88 Å². The van der Waals surface area contributed by atoms with Crippen LogP contribution in [0.3, 0.4) is 0 Å². The molecule has 1 aromatic heterocycles. The van der Waals surface area contributed by atoms with E-state index in [0.29, 0.717) is 10.6 Å². The monoisotopic (exact) mass is 301 g/mol. The zero-order valence-corrected chi connectivity index (χ0v) is 11.6. The fourth-order valence-corrected chi connectivity index (χ4v) is 3.02. The predicted molar refractivity (Wildman–Crippen MR) is 71.1 cm³/mol. The second-order valence-electron chi connectivity index (χ2n) is 3.87. The molecule has 102 valence electrons. The number of halogens is 1. The molecule has 1 heterocycles. The number of benzene rings is 1. The summed E-state index contributed by atoms with van der Waals surface area (Å²) in [5.41, 5.74) is 6.14. The van der Waals surface area contributed by atoms with Crippen LogP contribution in [0, 0.1) is 6.92 Å². The molecule has 0 aliphatic heterocycles. The zero-order chi connectivity index (χ0) is 14.0. The molecule has 0 atom stereocenters. The first-order valence-corrected chi connectivity index (χ1v) is 7.23. The van der Waals surface area contributed by atoms with Crippen LogP contribution in [-0.4, -0.2) is 13.6 Å². The number of nitrogens with one attached hydrogen (secondary N) is 1. The largest absolute Gasteiger partial charge is 0.380 e. The van der Waals surface area contributed by atoms with Crippen molar-refractivity contribution in [2.45, 2.75) is 18.4 Å². The second-order valence-corrected chi connectivity index (χ2v) is 5.98. The quantitative estimate of drug-likeness (QED) is 0.895. The summed E-state index contributed by atoms with van der Waals surface area (Å²) >= 11 is 5.95. The number of aryl methyl sites for hydroxylation is 1. The highest BCUT2D eigenvalue weighted by atomic mass is 35.5. The molecule has 1 aromatic carbocycles. The van der Waals surface area contributed by atoms with Gasteiger partial charge in [-0.25, -0.2) is 13.1 Å². The Morgan fingerprint density at radius 1 is 1.42 bits per heavy atom. The molecule has 0 aliphatic rings. The van der Waals surface area contributed by atoms with Crippen molar-refractivity contribution >= 4 is 27.4 Å². The van der Waals surface area contributed by atoms with Gasteiger partial charge in [-0.1, -0.05) is 35.0 Å². The molecule has 0 aliphatic carbocycles. The average molecular weight is 302 g/mol. The number of aromatic nitrogens is 1. The van der Waals surface area contributed by atoms with Gasteiger partial charge < -0.3 is 10.3 Å². The Balaban J connectivity index is 2.22. The Labute approximate surface area is 115 Å². The third kappa shape index (κ3) is 2.89. The third-order valence-electron chi connectivity index (χ3n) is 2.51. The molecule has 0 amide bonds. The molecule has 0 unspecified atom stereocenters. The van der Waals surface area contributed by atoms with Gasteiger partial charge in [-0.05, 0) is 18.6 Å². The average Bonchev–Trinajstić information content (AvgIpc) is 2.69. The standard InChI is InChI=1S/C11H12ClN3O3S/c1-7-10(11(13)15-18-7)19(16,17)14-6-8-4-2-3-5-9(8)12/h2-5,14H,6H2,1H3,(H2,13,15). The van der Waals surface area contributed by atoms with Gasteiger partial charge in [0.05, 0.1) is 0 Å². The number of nitrogen functional groups attached to an aromatic ring is 1. The first-order valence-electron chi connectivity index (χ1n) is 5.36. The van der Waals surface area contributed by atoms with Gasteiger partial charge in [-0.2, -0.15) is 0 Å². The molecule has 0 bridgehead atoms. The molecule has 2 aromatic rings. The fourth-order valence-electron chi connectivity index (χ4n) is 1.59. The maximum Gasteiger partial charge on any atom is 0.248 e. The van der Waals surface area contributed by atoms with E-state index < -0.39 is 10.0 Å². The minimum atomic E-state index is -3.78. The van der Waals surface area contributed by atoms with Crippen molar-refractivity contribution in [3.05, 3.63) is 40.6 Å². The fraction of sp³-hybridized carbons (Fsp3) is 0.182. The van der Waals surface area contributed by atoms with Gasteiger partial charge >= 0.3 is 0 Å². The van der Waals surface area contributed by atoms with Crippen molar-refractivity contribution in [3.8, 4) is 0 Å². The molecule has 2 rings (SSSR count).